The second-order valence-electron chi connectivity index (χ2n) is 6.56. The number of likely N-dealkylation sites (tertiary alicyclic amines) is 1. The van der Waals surface area contributed by atoms with Gasteiger partial charge in [-0.2, -0.15) is 0 Å². The molecule has 1 aliphatic rings. The van der Waals surface area contributed by atoms with Gasteiger partial charge in [0.05, 0.1) is 13.7 Å². The van der Waals surface area contributed by atoms with E-state index >= 15 is 0 Å². The second-order valence-corrected chi connectivity index (χ2v) is 6.56. The predicted octanol–water partition coefficient (Wildman–Crippen LogP) is 3.23. The van der Waals surface area contributed by atoms with Gasteiger partial charge in [0.25, 0.3) is 0 Å². The van der Waals surface area contributed by atoms with E-state index in [1.807, 2.05) is 48.5 Å². The molecule has 0 atom stereocenters. The number of nitrogens with one attached hydrogen (secondary N) is 1. The van der Waals surface area contributed by atoms with E-state index in [-0.39, 0.29) is 17.6 Å². The van der Waals surface area contributed by atoms with Gasteiger partial charge in [-0.15, -0.1) is 0 Å². The number of anilines is 1. The Hall–Kier alpha value is -2.66. The quantitative estimate of drug-likeness (QED) is 0.811. The summed E-state index contributed by atoms with van der Waals surface area (Å²) in [4.78, 5) is 26.9. The van der Waals surface area contributed by atoms with Crippen molar-refractivity contribution in [2.75, 3.05) is 32.1 Å². The van der Waals surface area contributed by atoms with Crippen LogP contribution in [-0.4, -0.2) is 43.3 Å². The molecule has 5 nitrogen and oxygen atoms in total. The molecule has 0 saturated carbocycles. The first kappa shape index (κ1) is 18.1. The van der Waals surface area contributed by atoms with E-state index in [0.717, 1.165) is 37.2 Å². The van der Waals surface area contributed by atoms with E-state index in [0.29, 0.717) is 12.3 Å². The fraction of sp³-hybridized carbons (Fsp3) is 0.333. The molecule has 0 bridgehead atoms. The lowest BCUT2D eigenvalue weighted by Crippen LogP contribution is -2.40. The van der Waals surface area contributed by atoms with Crippen LogP contribution < -0.4 is 10.1 Å². The molecule has 136 valence electrons. The molecule has 1 fully saturated rings. The molecule has 26 heavy (non-hydrogen) atoms. The third-order valence-electron chi connectivity index (χ3n) is 4.74. The summed E-state index contributed by atoms with van der Waals surface area (Å²) in [6.07, 6.45) is 1.58. The summed E-state index contributed by atoms with van der Waals surface area (Å²) in [6, 6.07) is 16.8. The minimum Gasteiger partial charge on any atom is -0.497 e. The molecule has 5 heteroatoms. The first-order valence-electron chi connectivity index (χ1n) is 8.91. The zero-order chi connectivity index (χ0) is 18.4. The highest BCUT2D eigenvalue weighted by Gasteiger charge is 2.26. The number of ketones is 1. The Balaban J connectivity index is 1.47. The second kappa shape index (κ2) is 8.63. The van der Waals surface area contributed by atoms with Crippen LogP contribution >= 0.6 is 0 Å². The van der Waals surface area contributed by atoms with Crippen LogP contribution in [0.3, 0.4) is 0 Å². The summed E-state index contributed by atoms with van der Waals surface area (Å²) in [5, 5.41) is 2.90. The third-order valence-corrected chi connectivity index (χ3v) is 4.74. The summed E-state index contributed by atoms with van der Waals surface area (Å²) in [5.74, 6) is 0.926. The van der Waals surface area contributed by atoms with Gasteiger partial charge in [0, 0.05) is 23.2 Å². The van der Waals surface area contributed by atoms with Crippen molar-refractivity contribution in [3.8, 4) is 5.75 Å². The first-order valence-corrected chi connectivity index (χ1v) is 8.91. The number of methoxy groups -OCH3 is 1. The minimum absolute atomic E-state index is 0.0499. The van der Waals surface area contributed by atoms with Gasteiger partial charge < -0.3 is 10.1 Å². The smallest absolute Gasteiger partial charge is 0.238 e. The molecular weight excluding hydrogens is 328 g/mol. The van der Waals surface area contributed by atoms with Gasteiger partial charge in [-0.25, -0.2) is 0 Å². The lowest BCUT2D eigenvalue weighted by molar-refractivity contribution is -0.117. The maximum Gasteiger partial charge on any atom is 0.238 e. The van der Waals surface area contributed by atoms with Crippen molar-refractivity contribution in [1.82, 2.24) is 4.90 Å². The number of ether oxygens (including phenoxy) is 1. The lowest BCUT2D eigenvalue weighted by atomic mass is 9.89. The molecule has 0 unspecified atom stereocenters. The van der Waals surface area contributed by atoms with Crippen LogP contribution in [0.5, 0.6) is 5.75 Å². The third kappa shape index (κ3) is 4.70. The summed E-state index contributed by atoms with van der Waals surface area (Å²) in [7, 11) is 1.60. The molecule has 0 aromatic heterocycles. The van der Waals surface area contributed by atoms with Crippen molar-refractivity contribution in [1.29, 1.82) is 0 Å². The summed E-state index contributed by atoms with van der Waals surface area (Å²) >= 11 is 0. The van der Waals surface area contributed by atoms with Crippen molar-refractivity contribution < 1.29 is 14.3 Å². The Bertz CT molecular complexity index is 753. The van der Waals surface area contributed by atoms with E-state index < -0.39 is 0 Å². The molecule has 0 radical (unpaired) electrons. The number of hydrogen-bond acceptors (Lipinski definition) is 4. The van der Waals surface area contributed by atoms with Crippen molar-refractivity contribution >= 4 is 17.4 Å². The molecule has 2 aromatic carbocycles. The van der Waals surface area contributed by atoms with Crippen molar-refractivity contribution in [2.24, 2.45) is 5.92 Å². The maximum atomic E-state index is 12.5. The number of hydrogen-bond donors (Lipinski definition) is 1. The highest BCUT2D eigenvalue weighted by atomic mass is 16.5. The molecule has 0 spiro atoms. The Labute approximate surface area is 154 Å². The molecule has 1 saturated heterocycles. The van der Waals surface area contributed by atoms with Crippen LogP contribution in [-0.2, 0) is 4.79 Å². The molecule has 0 aliphatic carbocycles. The van der Waals surface area contributed by atoms with Crippen LogP contribution in [0.15, 0.2) is 54.6 Å². The van der Waals surface area contributed by atoms with E-state index in [9.17, 15) is 9.59 Å². The Morgan fingerprint density at radius 1 is 1.08 bits per heavy atom. The molecule has 3 rings (SSSR count). The van der Waals surface area contributed by atoms with E-state index in [1.54, 1.807) is 13.2 Å². The van der Waals surface area contributed by atoms with Gasteiger partial charge in [0.15, 0.2) is 5.78 Å². The van der Waals surface area contributed by atoms with Crippen LogP contribution in [0.1, 0.15) is 23.2 Å². The van der Waals surface area contributed by atoms with Crippen molar-refractivity contribution in [3.05, 3.63) is 60.2 Å². The van der Waals surface area contributed by atoms with Gasteiger partial charge in [0.2, 0.25) is 5.91 Å². The summed E-state index contributed by atoms with van der Waals surface area (Å²) < 4.78 is 5.16. The number of piperidine rings is 1. The summed E-state index contributed by atoms with van der Waals surface area (Å²) in [6.45, 7) is 1.85. The van der Waals surface area contributed by atoms with E-state index in [1.165, 1.54) is 0 Å². The Morgan fingerprint density at radius 3 is 2.50 bits per heavy atom. The number of benzene rings is 2. The van der Waals surface area contributed by atoms with Crippen LogP contribution in [0.4, 0.5) is 5.69 Å². The van der Waals surface area contributed by atoms with Crippen LogP contribution in [0.2, 0.25) is 0 Å². The standard InChI is InChI=1S/C21H24N2O3/c1-26-19-9-5-8-18(14-19)22-20(24)15-23-12-10-17(11-13-23)21(25)16-6-3-2-4-7-16/h2-9,14,17H,10-13,15H2,1H3,(H,22,24). The van der Waals surface area contributed by atoms with Crippen molar-refractivity contribution in [3.63, 3.8) is 0 Å². The highest BCUT2D eigenvalue weighted by Crippen LogP contribution is 2.22. The van der Waals surface area contributed by atoms with E-state index in [2.05, 4.69) is 10.2 Å². The van der Waals surface area contributed by atoms with Gasteiger partial charge in [0.1, 0.15) is 5.75 Å². The Morgan fingerprint density at radius 2 is 1.81 bits per heavy atom. The monoisotopic (exact) mass is 352 g/mol. The van der Waals surface area contributed by atoms with Crippen LogP contribution in [0, 0.1) is 5.92 Å². The van der Waals surface area contributed by atoms with Crippen molar-refractivity contribution in [2.45, 2.75) is 12.8 Å². The number of nitrogens with zero attached hydrogens (tertiary/aromatic N) is 1. The average Bonchev–Trinajstić information content (AvgIpc) is 2.69. The topological polar surface area (TPSA) is 58.6 Å². The van der Waals surface area contributed by atoms with E-state index in [4.69, 9.17) is 4.74 Å². The fourth-order valence-electron chi connectivity index (χ4n) is 3.30. The molecule has 2 aromatic rings. The first-order chi connectivity index (χ1) is 12.7. The normalized spacial score (nSPS) is 15.4. The fourth-order valence-corrected chi connectivity index (χ4v) is 3.30. The SMILES string of the molecule is COc1cccc(NC(=O)CN2CCC(C(=O)c3ccccc3)CC2)c1. The van der Waals surface area contributed by atoms with Gasteiger partial charge in [-0.1, -0.05) is 36.4 Å². The number of carbonyl (C=O) groups is 2. The molecule has 1 amide bonds. The van der Waals surface area contributed by atoms with Gasteiger partial charge in [-0.05, 0) is 38.1 Å². The Kier molecular flexibility index (Phi) is 6.02. The lowest BCUT2D eigenvalue weighted by Gasteiger charge is -2.30. The maximum absolute atomic E-state index is 12.5. The molecule has 1 aliphatic heterocycles. The number of rotatable bonds is 6. The minimum atomic E-state index is -0.0499. The average molecular weight is 352 g/mol. The zero-order valence-corrected chi connectivity index (χ0v) is 15.0. The molecule has 1 N–H and O–H groups in total. The molecule has 1 heterocycles. The summed E-state index contributed by atoms with van der Waals surface area (Å²) in [5.41, 5.74) is 1.50. The zero-order valence-electron chi connectivity index (χ0n) is 15.0. The molecular formula is C21H24N2O3. The largest absolute Gasteiger partial charge is 0.497 e. The van der Waals surface area contributed by atoms with Gasteiger partial charge in [-0.3, -0.25) is 14.5 Å². The van der Waals surface area contributed by atoms with Gasteiger partial charge >= 0.3 is 0 Å². The highest BCUT2D eigenvalue weighted by molar-refractivity contribution is 5.98. The number of Topliss-reactive ketones (excluding diaryl/α,β-unsaturated/α-hetero) is 1. The predicted molar refractivity (Wildman–Crippen MR) is 102 cm³/mol. The van der Waals surface area contributed by atoms with Crippen LogP contribution in [0.25, 0.3) is 0 Å². The number of carbonyl (C=O) groups excluding carboxylic acids is 2. The number of amides is 1.